The van der Waals surface area contributed by atoms with Crippen molar-refractivity contribution < 1.29 is 61.9 Å². The highest BCUT2D eigenvalue weighted by Gasteiger charge is 2.91. The summed E-state index contributed by atoms with van der Waals surface area (Å²) in [6, 6.07) is 0. The molecule has 0 fully saturated rings. The van der Waals surface area contributed by atoms with E-state index in [2.05, 4.69) is 0 Å². The van der Waals surface area contributed by atoms with Crippen LogP contribution < -0.4 is 5.32 Å². The number of nitrogens with one attached hydrogen (secondary N) is 1. The van der Waals surface area contributed by atoms with Gasteiger partial charge in [0.25, 0.3) is 5.91 Å². The quantitative estimate of drug-likeness (QED) is 0.230. The third-order valence-electron chi connectivity index (χ3n) is 4.28. The molecule has 0 aromatic heterocycles. The average molecular weight is 489 g/mol. The Kier molecular flexibility index (Phi) is 9.54. The summed E-state index contributed by atoms with van der Waals surface area (Å²) < 4.78 is 168. The number of carbonyl (C=O) groups is 1. The molecule has 15 heteroatoms. The van der Waals surface area contributed by atoms with E-state index < -0.39 is 48.2 Å². The van der Waals surface area contributed by atoms with Gasteiger partial charge in [0.15, 0.2) is 0 Å². The minimum absolute atomic E-state index is 0.0990. The number of unbranched alkanes of at least 4 members (excludes halogenated alkanes) is 6. The molecule has 0 bridgehead atoms. The van der Waals surface area contributed by atoms with E-state index in [1.807, 2.05) is 6.92 Å². The first-order valence-corrected chi connectivity index (χ1v) is 8.97. The van der Waals surface area contributed by atoms with Crippen molar-refractivity contribution in [3.05, 3.63) is 0 Å². The molecule has 1 N–H and O–H groups in total. The topological polar surface area (TPSA) is 29.1 Å². The Balaban J connectivity index is 5.33. The maximum Gasteiger partial charge on any atom is 0.460 e. The lowest BCUT2D eigenvalue weighted by atomic mass is 9.93. The van der Waals surface area contributed by atoms with Crippen molar-refractivity contribution in [2.24, 2.45) is 0 Å². The van der Waals surface area contributed by atoms with Gasteiger partial charge in [-0.1, -0.05) is 45.4 Å². The van der Waals surface area contributed by atoms with Crippen LogP contribution >= 0.6 is 0 Å². The van der Waals surface area contributed by atoms with Gasteiger partial charge in [-0.05, 0) is 6.42 Å². The molecule has 0 aromatic rings. The van der Waals surface area contributed by atoms with E-state index in [4.69, 9.17) is 0 Å². The van der Waals surface area contributed by atoms with Gasteiger partial charge in [0, 0.05) is 6.54 Å². The Labute approximate surface area is 168 Å². The van der Waals surface area contributed by atoms with Gasteiger partial charge in [-0.15, -0.1) is 0 Å². The molecule has 0 spiro atoms. The SMILES string of the molecule is CCCCCCCCCNC(=O)C(F)(F)C(F)(F)C(F)(F)C(F)(F)C(F)(F)C(F)(F)F. The lowest BCUT2D eigenvalue weighted by Gasteiger charge is -2.39. The number of alkyl halides is 13. The summed E-state index contributed by atoms with van der Waals surface area (Å²) in [5.74, 6) is -41.3. The average Bonchev–Trinajstić information content (AvgIpc) is 2.61. The molecule has 0 aromatic carbocycles. The highest BCUT2D eigenvalue weighted by Crippen LogP contribution is 2.60. The van der Waals surface area contributed by atoms with E-state index in [0.29, 0.717) is 12.8 Å². The van der Waals surface area contributed by atoms with E-state index in [-0.39, 0.29) is 12.8 Å². The molecule has 0 saturated heterocycles. The van der Waals surface area contributed by atoms with Crippen LogP contribution in [0.15, 0.2) is 0 Å². The first kappa shape index (κ1) is 29.6. The monoisotopic (exact) mass is 489 g/mol. The summed E-state index contributed by atoms with van der Waals surface area (Å²) in [5.41, 5.74) is 0. The van der Waals surface area contributed by atoms with Gasteiger partial charge >= 0.3 is 35.8 Å². The van der Waals surface area contributed by atoms with E-state index in [0.717, 1.165) is 24.6 Å². The highest BCUT2D eigenvalue weighted by molar-refractivity contribution is 5.84. The van der Waals surface area contributed by atoms with Crippen LogP contribution in [0.4, 0.5) is 57.1 Å². The minimum atomic E-state index is -8.01. The summed E-state index contributed by atoms with van der Waals surface area (Å²) in [5, 5.41) is 1.07. The maximum absolute atomic E-state index is 13.5. The summed E-state index contributed by atoms with van der Waals surface area (Å²) in [6.45, 7) is 1.15. The number of halogens is 13. The van der Waals surface area contributed by atoms with Crippen molar-refractivity contribution in [1.82, 2.24) is 5.32 Å². The Morgan fingerprint density at radius 3 is 1.39 bits per heavy atom. The van der Waals surface area contributed by atoms with Gasteiger partial charge in [-0.2, -0.15) is 57.1 Å². The molecular formula is C16H20F13NO. The zero-order valence-corrected chi connectivity index (χ0v) is 16.0. The van der Waals surface area contributed by atoms with Crippen LogP contribution in [0.1, 0.15) is 51.9 Å². The van der Waals surface area contributed by atoms with E-state index in [1.54, 1.807) is 0 Å². The predicted octanol–water partition coefficient (Wildman–Crippen LogP) is 6.59. The Bertz CT molecular complexity index is 587. The summed E-state index contributed by atoms with van der Waals surface area (Å²) in [7, 11) is 0. The molecule has 0 rings (SSSR count). The fourth-order valence-electron chi connectivity index (χ4n) is 2.31. The van der Waals surface area contributed by atoms with Crippen molar-refractivity contribution in [2.45, 2.75) is 87.7 Å². The van der Waals surface area contributed by atoms with Crippen LogP contribution in [-0.2, 0) is 4.79 Å². The number of hydrogen-bond donors (Lipinski definition) is 1. The molecule has 186 valence electrons. The van der Waals surface area contributed by atoms with Gasteiger partial charge in [-0.3, -0.25) is 4.79 Å². The second-order valence-corrected chi connectivity index (χ2v) is 6.75. The van der Waals surface area contributed by atoms with Crippen LogP contribution in [0.3, 0.4) is 0 Å². The second-order valence-electron chi connectivity index (χ2n) is 6.75. The van der Waals surface area contributed by atoms with Gasteiger partial charge in [0.05, 0.1) is 0 Å². The fourth-order valence-corrected chi connectivity index (χ4v) is 2.31. The Morgan fingerprint density at radius 2 is 0.968 bits per heavy atom. The van der Waals surface area contributed by atoms with E-state index in [1.165, 1.54) is 0 Å². The number of rotatable bonds is 13. The van der Waals surface area contributed by atoms with Crippen molar-refractivity contribution >= 4 is 5.91 Å². The largest absolute Gasteiger partial charge is 0.460 e. The standard InChI is InChI=1S/C16H20F13NO/c1-2-3-4-5-6-7-8-9-30-10(31)11(17,18)12(19,20)13(21,22)14(23,24)15(25,26)16(27,28)29/h2-9H2,1H3,(H,30,31). The molecule has 0 radical (unpaired) electrons. The molecule has 0 saturated carbocycles. The molecule has 0 aliphatic carbocycles. The van der Waals surface area contributed by atoms with Crippen molar-refractivity contribution in [3.8, 4) is 0 Å². The first-order chi connectivity index (χ1) is 13.7. The summed E-state index contributed by atoms with van der Waals surface area (Å²) >= 11 is 0. The molecule has 31 heavy (non-hydrogen) atoms. The molecule has 2 nitrogen and oxygen atoms in total. The smallest absolute Gasteiger partial charge is 0.351 e. The predicted molar refractivity (Wildman–Crippen MR) is 81.8 cm³/mol. The number of hydrogen-bond acceptors (Lipinski definition) is 1. The fraction of sp³-hybridized carbons (Fsp3) is 0.938. The highest BCUT2D eigenvalue weighted by atomic mass is 19.4. The Morgan fingerprint density at radius 1 is 0.581 bits per heavy atom. The number of carbonyl (C=O) groups excluding carboxylic acids is 1. The van der Waals surface area contributed by atoms with Gasteiger partial charge in [0.1, 0.15) is 0 Å². The van der Waals surface area contributed by atoms with Gasteiger partial charge in [-0.25, -0.2) is 0 Å². The van der Waals surface area contributed by atoms with Gasteiger partial charge < -0.3 is 5.32 Å². The van der Waals surface area contributed by atoms with Crippen LogP contribution in [0.2, 0.25) is 0 Å². The second kappa shape index (κ2) is 10.0. The molecular weight excluding hydrogens is 469 g/mol. The van der Waals surface area contributed by atoms with Crippen LogP contribution in [0, 0.1) is 0 Å². The molecule has 0 aliphatic heterocycles. The lowest BCUT2D eigenvalue weighted by molar-refractivity contribution is -0.436. The van der Waals surface area contributed by atoms with Crippen molar-refractivity contribution in [3.63, 3.8) is 0 Å². The first-order valence-electron chi connectivity index (χ1n) is 8.97. The van der Waals surface area contributed by atoms with Crippen molar-refractivity contribution in [2.75, 3.05) is 6.54 Å². The van der Waals surface area contributed by atoms with Gasteiger partial charge in [0.2, 0.25) is 0 Å². The Hall–Kier alpha value is -1.44. The van der Waals surface area contributed by atoms with E-state index >= 15 is 0 Å². The van der Waals surface area contributed by atoms with Crippen LogP contribution in [0.25, 0.3) is 0 Å². The lowest BCUT2D eigenvalue weighted by Crippen LogP contribution is -2.72. The molecule has 1 amide bonds. The summed E-state index contributed by atoms with van der Waals surface area (Å²) in [4.78, 5) is 11.2. The minimum Gasteiger partial charge on any atom is -0.351 e. The zero-order valence-electron chi connectivity index (χ0n) is 16.0. The van der Waals surface area contributed by atoms with Crippen LogP contribution in [-0.4, -0.2) is 48.2 Å². The summed E-state index contributed by atoms with van der Waals surface area (Å²) in [6.07, 6.45) is -3.38. The zero-order chi connectivity index (χ0) is 24.9. The molecule has 0 atom stereocenters. The third kappa shape index (κ3) is 5.68. The molecule has 0 aliphatic rings. The molecule has 0 heterocycles. The molecule has 0 unspecified atom stereocenters. The van der Waals surface area contributed by atoms with E-state index in [9.17, 15) is 61.9 Å². The maximum atomic E-state index is 13.5. The van der Waals surface area contributed by atoms with Crippen molar-refractivity contribution in [1.29, 1.82) is 0 Å². The van der Waals surface area contributed by atoms with Crippen LogP contribution in [0.5, 0.6) is 0 Å². The normalized spacial score (nSPS) is 14.6. The third-order valence-corrected chi connectivity index (χ3v) is 4.28. The number of amides is 1.